The standard InChI is InChI=1S/C21H22O7/c1-15(2)20(23)27-14-12-25-11-13-26-18-7-3-16(4-8-18)21(24)28-19-9-5-17(22)6-10-19/h3-10,22H,1,11-14H2,2H3. The van der Waals surface area contributed by atoms with Crippen LogP contribution in [0.3, 0.4) is 0 Å². The van der Waals surface area contributed by atoms with E-state index in [2.05, 4.69) is 6.58 Å². The smallest absolute Gasteiger partial charge is 0.343 e. The number of carbonyl (C=O) groups is 2. The molecular formula is C21H22O7. The lowest BCUT2D eigenvalue weighted by Gasteiger charge is -2.09. The van der Waals surface area contributed by atoms with Gasteiger partial charge in [-0.25, -0.2) is 9.59 Å². The highest BCUT2D eigenvalue weighted by Gasteiger charge is 2.09. The van der Waals surface area contributed by atoms with Crippen LogP contribution in [0.1, 0.15) is 17.3 Å². The predicted molar refractivity (Wildman–Crippen MR) is 102 cm³/mol. The lowest BCUT2D eigenvalue weighted by Crippen LogP contribution is -2.14. The number of hydrogen-bond donors (Lipinski definition) is 1. The third kappa shape index (κ3) is 7.13. The third-order valence-corrected chi connectivity index (χ3v) is 3.44. The summed E-state index contributed by atoms with van der Waals surface area (Å²) >= 11 is 0. The SMILES string of the molecule is C=C(C)C(=O)OCCOCCOc1ccc(C(=O)Oc2ccc(O)cc2)cc1. The lowest BCUT2D eigenvalue weighted by atomic mass is 10.2. The van der Waals surface area contributed by atoms with Crippen LogP contribution in [0.15, 0.2) is 60.7 Å². The Kier molecular flexibility index (Phi) is 8.05. The minimum Gasteiger partial charge on any atom is -0.508 e. The average Bonchev–Trinajstić information content (AvgIpc) is 2.69. The van der Waals surface area contributed by atoms with Gasteiger partial charge in [-0.3, -0.25) is 0 Å². The van der Waals surface area contributed by atoms with Crippen LogP contribution >= 0.6 is 0 Å². The number of aromatic hydroxyl groups is 1. The number of phenols is 1. The number of hydrogen-bond acceptors (Lipinski definition) is 7. The summed E-state index contributed by atoms with van der Waals surface area (Å²) in [6.45, 7) is 6.13. The fourth-order valence-corrected chi connectivity index (χ4v) is 2.00. The van der Waals surface area contributed by atoms with E-state index < -0.39 is 11.9 Å². The van der Waals surface area contributed by atoms with Gasteiger partial charge in [0.15, 0.2) is 0 Å². The Bertz CT molecular complexity index is 795. The molecule has 7 nitrogen and oxygen atoms in total. The van der Waals surface area contributed by atoms with Gasteiger partial charge in [-0.05, 0) is 55.5 Å². The van der Waals surface area contributed by atoms with Crippen LogP contribution in [0, 0.1) is 0 Å². The zero-order chi connectivity index (χ0) is 20.4. The van der Waals surface area contributed by atoms with E-state index in [9.17, 15) is 14.7 Å². The molecule has 1 N–H and O–H groups in total. The zero-order valence-corrected chi connectivity index (χ0v) is 15.6. The summed E-state index contributed by atoms with van der Waals surface area (Å²) in [6, 6.07) is 12.4. The summed E-state index contributed by atoms with van der Waals surface area (Å²) in [5, 5.41) is 9.23. The summed E-state index contributed by atoms with van der Waals surface area (Å²) in [6.07, 6.45) is 0. The maximum atomic E-state index is 12.1. The van der Waals surface area contributed by atoms with Crippen LogP contribution in [0.2, 0.25) is 0 Å². The topological polar surface area (TPSA) is 91.3 Å². The first-order valence-corrected chi connectivity index (χ1v) is 8.60. The Morgan fingerprint density at radius 3 is 2.14 bits per heavy atom. The molecular weight excluding hydrogens is 364 g/mol. The number of esters is 2. The van der Waals surface area contributed by atoms with Crippen molar-refractivity contribution in [3.8, 4) is 17.2 Å². The maximum Gasteiger partial charge on any atom is 0.343 e. The maximum absolute atomic E-state index is 12.1. The van der Waals surface area contributed by atoms with Crippen LogP contribution in [0.5, 0.6) is 17.2 Å². The molecule has 0 bridgehead atoms. The molecule has 0 aliphatic carbocycles. The van der Waals surface area contributed by atoms with E-state index in [-0.39, 0.29) is 19.0 Å². The first-order chi connectivity index (χ1) is 13.5. The number of rotatable bonds is 10. The van der Waals surface area contributed by atoms with Crippen molar-refractivity contribution in [1.82, 2.24) is 0 Å². The molecule has 0 spiro atoms. The van der Waals surface area contributed by atoms with Gasteiger partial charge in [-0.2, -0.15) is 0 Å². The van der Waals surface area contributed by atoms with Gasteiger partial charge in [0.2, 0.25) is 0 Å². The molecule has 2 aromatic rings. The van der Waals surface area contributed by atoms with E-state index in [1.807, 2.05) is 0 Å². The van der Waals surface area contributed by atoms with Gasteiger partial charge in [0, 0.05) is 5.57 Å². The number of benzene rings is 2. The summed E-state index contributed by atoms with van der Waals surface area (Å²) in [5.41, 5.74) is 0.717. The Morgan fingerprint density at radius 1 is 0.893 bits per heavy atom. The Morgan fingerprint density at radius 2 is 1.50 bits per heavy atom. The van der Waals surface area contributed by atoms with Gasteiger partial charge in [0.1, 0.15) is 30.5 Å². The number of carbonyl (C=O) groups excluding carboxylic acids is 2. The van der Waals surface area contributed by atoms with Gasteiger partial charge >= 0.3 is 11.9 Å². The van der Waals surface area contributed by atoms with Crippen molar-refractivity contribution >= 4 is 11.9 Å². The quantitative estimate of drug-likeness (QED) is 0.290. The predicted octanol–water partition coefficient (Wildman–Crippen LogP) is 3.13. The van der Waals surface area contributed by atoms with E-state index in [0.717, 1.165) is 0 Å². The molecule has 0 aromatic heterocycles. The molecule has 0 saturated heterocycles. The monoisotopic (exact) mass is 386 g/mol. The average molecular weight is 386 g/mol. The van der Waals surface area contributed by atoms with E-state index in [1.54, 1.807) is 31.2 Å². The van der Waals surface area contributed by atoms with Gasteiger partial charge < -0.3 is 24.1 Å². The van der Waals surface area contributed by atoms with Crippen LogP contribution in [-0.2, 0) is 14.3 Å². The van der Waals surface area contributed by atoms with Crippen molar-refractivity contribution < 1.29 is 33.6 Å². The molecule has 0 unspecified atom stereocenters. The molecule has 0 radical (unpaired) electrons. The minimum atomic E-state index is -0.509. The van der Waals surface area contributed by atoms with E-state index in [1.165, 1.54) is 24.3 Å². The van der Waals surface area contributed by atoms with Gasteiger partial charge in [-0.1, -0.05) is 6.58 Å². The summed E-state index contributed by atoms with van der Waals surface area (Å²) in [4.78, 5) is 23.2. The van der Waals surface area contributed by atoms with Gasteiger partial charge in [-0.15, -0.1) is 0 Å². The molecule has 0 saturated carbocycles. The molecule has 0 fully saturated rings. The molecule has 2 aromatic carbocycles. The van der Waals surface area contributed by atoms with Crippen molar-refractivity contribution in [2.75, 3.05) is 26.4 Å². The summed E-state index contributed by atoms with van der Waals surface area (Å²) < 4.78 is 20.9. The molecule has 7 heteroatoms. The second kappa shape index (κ2) is 10.7. The van der Waals surface area contributed by atoms with Crippen LogP contribution in [0.25, 0.3) is 0 Å². The Labute approximate surface area is 163 Å². The number of ether oxygens (including phenoxy) is 4. The van der Waals surface area contributed by atoms with Crippen molar-refractivity contribution in [2.24, 2.45) is 0 Å². The molecule has 148 valence electrons. The Hall–Kier alpha value is -3.32. The van der Waals surface area contributed by atoms with E-state index >= 15 is 0 Å². The van der Waals surface area contributed by atoms with E-state index in [0.29, 0.717) is 35.8 Å². The first-order valence-electron chi connectivity index (χ1n) is 8.60. The minimum absolute atomic E-state index is 0.0955. The van der Waals surface area contributed by atoms with Crippen molar-refractivity contribution in [2.45, 2.75) is 6.92 Å². The first kappa shape index (κ1) is 21.0. The largest absolute Gasteiger partial charge is 0.508 e. The third-order valence-electron chi connectivity index (χ3n) is 3.44. The zero-order valence-electron chi connectivity index (χ0n) is 15.6. The molecule has 2 rings (SSSR count). The number of phenolic OH excluding ortho intramolecular Hbond substituents is 1. The van der Waals surface area contributed by atoms with Crippen LogP contribution in [-0.4, -0.2) is 43.5 Å². The summed E-state index contributed by atoms with van der Waals surface area (Å²) in [5.74, 6) is 0.0691. The molecule has 0 heterocycles. The molecule has 28 heavy (non-hydrogen) atoms. The van der Waals surface area contributed by atoms with E-state index in [4.69, 9.17) is 18.9 Å². The fourth-order valence-electron chi connectivity index (χ4n) is 2.00. The normalized spacial score (nSPS) is 10.2. The van der Waals surface area contributed by atoms with Gasteiger partial charge in [0.05, 0.1) is 18.8 Å². The van der Waals surface area contributed by atoms with Crippen LogP contribution in [0.4, 0.5) is 0 Å². The van der Waals surface area contributed by atoms with Crippen molar-refractivity contribution in [1.29, 1.82) is 0 Å². The highest BCUT2D eigenvalue weighted by molar-refractivity contribution is 5.91. The molecule has 0 aliphatic rings. The van der Waals surface area contributed by atoms with Gasteiger partial charge in [0.25, 0.3) is 0 Å². The van der Waals surface area contributed by atoms with Crippen molar-refractivity contribution in [3.05, 3.63) is 66.2 Å². The molecule has 0 amide bonds. The second-order valence-electron chi connectivity index (χ2n) is 5.78. The molecule has 0 aliphatic heterocycles. The molecule has 0 atom stereocenters. The second-order valence-corrected chi connectivity index (χ2v) is 5.78. The van der Waals surface area contributed by atoms with Crippen LogP contribution < -0.4 is 9.47 Å². The fraction of sp³-hybridized carbons (Fsp3) is 0.238. The summed E-state index contributed by atoms with van der Waals surface area (Å²) in [7, 11) is 0. The lowest BCUT2D eigenvalue weighted by molar-refractivity contribution is -0.140. The highest BCUT2D eigenvalue weighted by atomic mass is 16.6. The highest BCUT2D eigenvalue weighted by Crippen LogP contribution is 2.18. The Balaban J connectivity index is 1.66. The van der Waals surface area contributed by atoms with Crippen molar-refractivity contribution in [3.63, 3.8) is 0 Å².